The minimum absolute atomic E-state index is 0.106. The van der Waals surface area contributed by atoms with Gasteiger partial charge in [-0.1, -0.05) is 18.2 Å². The molecule has 0 saturated carbocycles. The number of nitrogens with one attached hydrogen (secondary N) is 1. The van der Waals surface area contributed by atoms with E-state index < -0.39 is 11.6 Å². The molecule has 1 aliphatic heterocycles. The molecule has 0 unspecified atom stereocenters. The average Bonchev–Trinajstić information content (AvgIpc) is 3.30. The smallest absolute Gasteiger partial charge is 0.270 e. The van der Waals surface area contributed by atoms with Crippen LogP contribution in [0.3, 0.4) is 0 Å². The lowest BCUT2D eigenvalue weighted by Gasteiger charge is -2.36. The third kappa shape index (κ3) is 4.71. The highest BCUT2D eigenvalue weighted by molar-refractivity contribution is 7.09. The summed E-state index contributed by atoms with van der Waals surface area (Å²) in [6.45, 7) is 1.78. The van der Waals surface area contributed by atoms with Gasteiger partial charge in [-0.3, -0.25) is 14.7 Å². The summed E-state index contributed by atoms with van der Waals surface area (Å²) in [5.41, 5.74) is 0.701. The number of aromatic nitrogens is 2. The summed E-state index contributed by atoms with van der Waals surface area (Å²) in [6.07, 6.45) is 5.13. The van der Waals surface area contributed by atoms with E-state index >= 15 is 0 Å². The van der Waals surface area contributed by atoms with Crippen LogP contribution in [0.15, 0.2) is 54.2 Å². The Labute approximate surface area is 177 Å². The number of nitrogens with zero attached hydrogens (tertiary/aromatic N) is 3. The van der Waals surface area contributed by atoms with E-state index in [0.29, 0.717) is 24.3 Å². The molecule has 5 nitrogen and oxygen atoms in total. The van der Waals surface area contributed by atoms with Gasteiger partial charge in [0, 0.05) is 36.4 Å². The molecule has 1 aromatic carbocycles. The minimum atomic E-state index is -0.829. The summed E-state index contributed by atoms with van der Waals surface area (Å²) in [4.78, 5) is 23.4. The van der Waals surface area contributed by atoms with Gasteiger partial charge in [0.15, 0.2) is 11.6 Å². The van der Waals surface area contributed by atoms with Gasteiger partial charge in [-0.05, 0) is 43.5 Å². The van der Waals surface area contributed by atoms with Crippen LogP contribution in [0, 0.1) is 17.6 Å². The Balaban J connectivity index is 1.50. The summed E-state index contributed by atoms with van der Waals surface area (Å²) in [6, 6.07) is 9.22. The standard InChI is InChI=1S/C22H22F2N4OS/c23-17-7-3-5-15(19(17)24)13-28-11-4-6-16(14-28)20(22-26-10-12-30-22)27-21(29)18-8-1-2-9-25-18/h1-3,5,7-10,12,16,20H,4,6,11,13-14H2,(H,27,29)/t16-,20+/m0/s1. The molecular formula is C22H22F2N4OS. The van der Waals surface area contributed by atoms with Crippen LogP contribution in [0.2, 0.25) is 0 Å². The number of hydrogen-bond acceptors (Lipinski definition) is 5. The summed E-state index contributed by atoms with van der Waals surface area (Å²) < 4.78 is 27.7. The molecule has 0 bridgehead atoms. The zero-order valence-corrected chi connectivity index (χ0v) is 17.1. The van der Waals surface area contributed by atoms with Crippen molar-refractivity contribution in [1.82, 2.24) is 20.2 Å². The van der Waals surface area contributed by atoms with E-state index in [-0.39, 0.29) is 17.9 Å². The first-order chi connectivity index (χ1) is 14.6. The van der Waals surface area contributed by atoms with Crippen molar-refractivity contribution in [3.63, 3.8) is 0 Å². The van der Waals surface area contributed by atoms with Crippen molar-refractivity contribution in [1.29, 1.82) is 0 Å². The van der Waals surface area contributed by atoms with Crippen LogP contribution >= 0.6 is 11.3 Å². The van der Waals surface area contributed by atoms with Crippen molar-refractivity contribution in [2.75, 3.05) is 13.1 Å². The number of rotatable bonds is 6. The van der Waals surface area contributed by atoms with Crippen LogP contribution in [0.5, 0.6) is 0 Å². The van der Waals surface area contributed by atoms with Gasteiger partial charge in [0.1, 0.15) is 10.7 Å². The zero-order valence-electron chi connectivity index (χ0n) is 16.3. The van der Waals surface area contributed by atoms with Crippen molar-refractivity contribution in [2.45, 2.75) is 25.4 Å². The van der Waals surface area contributed by atoms with E-state index in [2.05, 4.69) is 20.2 Å². The van der Waals surface area contributed by atoms with Gasteiger partial charge in [-0.25, -0.2) is 13.8 Å². The van der Waals surface area contributed by atoms with E-state index in [4.69, 9.17) is 0 Å². The maximum absolute atomic E-state index is 14.1. The molecule has 156 valence electrons. The highest BCUT2D eigenvalue weighted by Crippen LogP contribution is 2.32. The molecule has 1 amide bonds. The Morgan fingerprint density at radius 3 is 2.87 bits per heavy atom. The molecule has 3 aromatic rings. The van der Waals surface area contributed by atoms with Gasteiger partial charge in [0.25, 0.3) is 5.91 Å². The maximum atomic E-state index is 14.1. The second-order valence-corrected chi connectivity index (χ2v) is 8.31. The van der Waals surface area contributed by atoms with Gasteiger partial charge in [0.05, 0.1) is 6.04 Å². The summed E-state index contributed by atoms with van der Waals surface area (Å²) in [7, 11) is 0. The number of piperidine rings is 1. The van der Waals surface area contributed by atoms with Crippen molar-refractivity contribution < 1.29 is 13.6 Å². The van der Waals surface area contributed by atoms with Crippen molar-refractivity contribution in [3.8, 4) is 0 Å². The number of amides is 1. The number of carbonyl (C=O) groups excluding carboxylic acids is 1. The topological polar surface area (TPSA) is 58.1 Å². The van der Waals surface area contributed by atoms with Crippen LogP contribution in [0.25, 0.3) is 0 Å². The largest absolute Gasteiger partial charge is 0.341 e. The quantitative estimate of drug-likeness (QED) is 0.639. The Hall–Kier alpha value is -2.71. The molecule has 2 atom stereocenters. The number of hydrogen-bond donors (Lipinski definition) is 1. The normalized spacial score (nSPS) is 18.1. The number of likely N-dealkylation sites (tertiary alicyclic amines) is 1. The molecule has 0 radical (unpaired) electrons. The maximum Gasteiger partial charge on any atom is 0.270 e. The molecule has 8 heteroatoms. The minimum Gasteiger partial charge on any atom is -0.341 e. The molecule has 4 rings (SSSR count). The predicted octanol–water partition coefficient (Wildman–Crippen LogP) is 4.20. The molecule has 0 spiro atoms. The lowest BCUT2D eigenvalue weighted by Crippen LogP contribution is -2.43. The van der Waals surface area contributed by atoms with E-state index in [1.165, 1.54) is 17.4 Å². The number of benzene rings is 1. The second kappa shape index (κ2) is 9.40. The molecule has 1 N–H and O–H groups in total. The van der Waals surface area contributed by atoms with Crippen LogP contribution in [0.4, 0.5) is 8.78 Å². The predicted molar refractivity (Wildman–Crippen MR) is 111 cm³/mol. The SMILES string of the molecule is O=C(N[C@@H](c1nccs1)[C@H]1CCCN(Cc2cccc(F)c2F)C1)c1ccccn1. The molecule has 30 heavy (non-hydrogen) atoms. The average molecular weight is 429 g/mol. The van der Waals surface area contributed by atoms with Crippen LogP contribution in [0.1, 0.15) is 39.9 Å². The molecule has 1 saturated heterocycles. The Kier molecular flexibility index (Phi) is 6.44. The monoisotopic (exact) mass is 428 g/mol. The third-order valence-corrected chi connectivity index (χ3v) is 6.20. The van der Waals surface area contributed by atoms with Crippen LogP contribution in [-0.2, 0) is 6.54 Å². The third-order valence-electron chi connectivity index (χ3n) is 5.34. The van der Waals surface area contributed by atoms with E-state index in [1.807, 2.05) is 5.38 Å². The summed E-state index contributed by atoms with van der Waals surface area (Å²) >= 11 is 1.50. The van der Waals surface area contributed by atoms with Crippen molar-refractivity contribution in [3.05, 3.63) is 82.1 Å². The first kappa shape index (κ1) is 20.6. The van der Waals surface area contributed by atoms with Gasteiger partial charge in [-0.15, -0.1) is 11.3 Å². The number of pyridine rings is 1. The van der Waals surface area contributed by atoms with E-state index in [9.17, 15) is 13.6 Å². The van der Waals surface area contributed by atoms with E-state index in [0.717, 1.165) is 30.5 Å². The molecule has 1 aliphatic rings. The molecule has 0 aliphatic carbocycles. The molecule has 3 heterocycles. The second-order valence-electron chi connectivity index (χ2n) is 7.39. The van der Waals surface area contributed by atoms with Crippen molar-refractivity contribution in [2.24, 2.45) is 5.92 Å². The highest BCUT2D eigenvalue weighted by Gasteiger charge is 2.32. The molecule has 1 fully saturated rings. The fourth-order valence-corrected chi connectivity index (χ4v) is 4.68. The molecular weight excluding hydrogens is 406 g/mol. The van der Waals surface area contributed by atoms with E-state index in [1.54, 1.807) is 36.7 Å². The van der Waals surface area contributed by atoms with Gasteiger partial charge >= 0.3 is 0 Å². The van der Waals surface area contributed by atoms with Crippen LogP contribution < -0.4 is 5.32 Å². The highest BCUT2D eigenvalue weighted by atomic mass is 32.1. The van der Waals surface area contributed by atoms with Crippen LogP contribution in [-0.4, -0.2) is 33.9 Å². The molecule has 2 aromatic heterocycles. The van der Waals surface area contributed by atoms with Gasteiger partial charge in [0.2, 0.25) is 0 Å². The van der Waals surface area contributed by atoms with Gasteiger partial charge < -0.3 is 5.32 Å². The zero-order chi connectivity index (χ0) is 20.9. The number of thiazole rings is 1. The Bertz CT molecular complexity index is 984. The number of halogens is 2. The summed E-state index contributed by atoms with van der Waals surface area (Å²) in [5, 5.41) is 5.82. The first-order valence-electron chi connectivity index (χ1n) is 9.88. The lowest BCUT2D eigenvalue weighted by molar-refractivity contribution is 0.0872. The fraction of sp³-hybridized carbons (Fsp3) is 0.318. The van der Waals surface area contributed by atoms with Crippen molar-refractivity contribution >= 4 is 17.2 Å². The lowest BCUT2D eigenvalue weighted by atomic mass is 9.90. The Morgan fingerprint density at radius 1 is 1.20 bits per heavy atom. The first-order valence-corrected chi connectivity index (χ1v) is 10.8. The van der Waals surface area contributed by atoms with Gasteiger partial charge in [-0.2, -0.15) is 0 Å². The number of carbonyl (C=O) groups is 1. The Morgan fingerprint density at radius 2 is 2.10 bits per heavy atom. The summed E-state index contributed by atoms with van der Waals surface area (Å²) in [5.74, 6) is -1.76. The fourth-order valence-electron chi connectivity index (χ4n) is 3.90.